The van der Waals surface area contributed by atoms with E-state index in [2.05, 4.69) is 10.6 Å². The molecule has 0 spiro atoms. The van der Waals surface area contributed by atoms with Gasteiger partial charge in [-0.3, -0.25) is 0 Å². The van der Waals surface area contributed by atoms with Crippen LogP contribution in [0, 0.1) is 0 Å². The van der Waals surface area contributed by atoms with Crippen LogP contribution in [-0.4, -0.2) is 40.9 Å². The molecule has 1 heterocycles. The third kappa shape index (κ3) is 11.0. The van der Waals surface area contributed by atoms with Crippen molar-refractivity contribution in [1.29, 1.82) is 0 Å². The number of thiophene rings is 1. The zero-order chi connectivity index (χ0) is 22.7. The topological polar surface area (TPSA) is 87.7 Å². The summed E-state index contributed by atoms with van der Waals surface area (Å²) in [6.45, 7) is 5.17. The number of carbonyl (C=O) groups is 2. The van der Waals surface area contributed by atoms with Gasteiger partial charge in [0.05, 0.1) is 0 Å². The van der Waals surface area contributed by atoms with E-state index in [1.54, 1.807) is 20.8 Å². The Balaban J connectivity index is 0.000000231. The molecule has 0 aromatic carbocycles. The van der Waals surface area contributed by atoms with Crippen LogP contribution in [0.4, 0.5) is 4.79 Å². The van der Waals surface area contributed by atoms with Crippen LogP contribution in [0.15, 0.2) is 16.8 Å². The van der Waals surface area contributed by atoms with Gasteiger partial charge in [0.15, 0.2) is 0 Å². The average Bonchev–Trinajstić information content (AvgIpc) is 3.21. The maximum absolute atomic E-state index is 11.5. The summed E-state index contributed by atoms with van der Waals surface area (Å²) in [5, 5.41) is 19.0. The third-order valence-corrected chi connectivity index (χ3v) is 6.42. The van der Waals surface area contributed by atoms with Crippen LogP contribution in [0.3, 0.4) is 0 Å². The summed E-state index contributed by atoms with van der Waals surface area (Å²) >= 11 is 1.49. The fourth-order valence-corrected chi connectivity index (χ4v) is 4.85. The summed E-state index contributed by atoms with van der Waals surface area (Å²) in [6.07, 6.45) is 14.1. The zero-order valence-corrected chi connectivity index (χ0v) is 20.1. The van der Waals surface area contributed by atoms with Crippen molar-refractivity contribution in [2.75, 3.05) is 0 Å². The number of carboxylic acids is 1. The van der Waals surface area contributed by atoms with Crippen molar-refractivity contribution < 1.29 is 19.4 Å². The van der Waals surface area contributed by atoms with Crippen molar-refractivity contribution in [3.8, 4) is 0 Å². The molecule has 31 heavy (non-hydrogen) atoms. The van der Waals surface area contributed by atoms with Crippen LogP contribution in [0.5, 0.6) is 0 Å². The summed E-state index contributed by atoms with van der Waals surface area (Å²) in [6, 6.07) is 2.60. The maximum Gasteiger partial charge on any atom is 0.408 e. The highest BCUT2D eigenvalue weighted by atomic mass is 32.1. The first-order valence-electron chi connectivity index (χ1n) is 11.7. The van der Waals surface area contributed by atoms with Gasteiger partial charge in [-0.2, -0.15) is 11.3 Å². The summed E-state index contributed by atoms with van der Waals surface area (Å²) in [5.74, 6) is -1.08. The van der Waals surface area contributed by atoms with E-state index in [1.807, 2.05) is 16.8 Å². The van der Waals surface area contributed by atoms with E-state index in [9.17, 15) is 9.59 Å². The van der Waals surface area contributed by atoms with E-state index in [0.717, 1.165) is 17.6 Å². The van der Waals surface area contributed by atoms with Gasteiger partial charge in [-0.1, -0.05) is 38.5 Å². The standard InChI is InChI=1S/C12H17NO4S.C12H23N/c1-12(2,3)17-11(16)13-9(10(14)15)6-8-4-5-18-7-8;1-3-7-11(8-4-1)13-12-9-5-2-6-10-12/h4-5,7,9H,6H2,1-3H3,(H,13,16)(H,14,15);11-13H,1-10H2. The van der Waals surface area contributed by atoms with E-state index >= 15 is 0 Å². The lowest BCUT2D eigenvalue weighted by Gasteiger charge is -2.30. The molecule has 2 aliphatic rings. The smallest absolute Gasteiger partial charge is 0.408 e. The lowest BCUT2D eigenvalue weighted by Crippen LogP contribution is -2.44. The van der Waals surface area contributed by atoms with E-state index in [1.165, 1.54) is 75.5 Å². The molecule has 1 unspecified atom stereocenters. The number of amides is 1. The second-order valence-electron chi connectivity index (χ2n) is 9.71. The summed E-state index contributed by atoms with van der Waals surface area (Å²) in [4.78, 5) is 22.6. The number of ether oxygens (including phenoxy) is 1. The van der Waals surface area contributed by atoms with Crippen molar-refractivity contribution in [2.24, 2.45) is 0 Å². The Labute approximate surface area is 191 Å². The van der Waals surface area contributed by atoms with Crippen molar-refractivity contribution >= 4 is 23.4 Å². The first-order valence-corrected chi connectivity index (χ1v) is 12.7. The van der Waals surface area contributed by atoms with Gasteiger partial charge in [0, 0.05) is 18.5 Å². The summed E-state index contributed by atoms with van der Waals surface area (Å²) in [7, 11) is 0. The summed E-state index contributed by atoms with van der Waals surface area (Å²) < 4.78 is 5.03. The first-order chi connectivity index (χ1) is 14.7. The highest BCUT2D eigenvalue weighted by molar-refractivity contribution is 7.07. The predicted molar refractivity (Wildman–Crippen MR) is 126 cm³/mol. The Morgan fingerprint density at radius 3 is 2.03 bits per heavy atom. The lowest BCUT2D eigenvalue weighted by molar-refractivity contribution is -0.139. The second kappa shape index (κ2) is 13.1. The number of aliphatic carboxylic acids is 1. The fraction of sp³-hybridized carbons (Fsp3) is 0.750. The van der Waals surface area contributed by atoms with Gasteiger partial charge in [-0.15, -0.1) is 0 Å². The predicted octanol–water partition coefficient (Wildman–Crippen LogP) is 5.51. The number of carbonyl (C=O) groups excluding carboxylic acids is 1. The highest BCUT2D eigenvalue weighted by Crippen LogP contribution is 2.22. The molecule has 6 nitrogen and oxygen atoms in total. The molecule has 1 amide bonds. The highest BCUT2D eigenvalue weighted by Gasteiger charge is 2.24. The molecule has 176 valence electrons. The molecule has 0 radical (unpaired) electrons. The van der Waals surface area contributed by atoms with Crippen LogP contribution >= 0.6 is 11.3 Å². The largest absolute Gasteiger partial charge is 0.480 e. The lowest BCUT2D eigenvalue weighted by atomic mass is 9.91. The van der Waals surface area contributed by atoms with Gasteiger partial charge < -0.3 is 20.5 Å². The Morgan fingerprint density at radius 1 is 1.06 bits per heavy atom. The SMILES string of the molecule is C1CCC(NC2CCCCC2)CC1.CC(C)(C)OC(=O)NC(Cc1ccsc1)C(=O)O. The van der Waals surface area contributed by atoms with Crippen LogP contribution in [0.25, 0.3) is 0 Å². The number of hydrogen-bond donors (Lipinski definition) is 3. The number of alkyl carbamates (subject to hydrolysis) is 1. The Morgan fingerprint density at radius 2 is 1.61 bits per heavy atom. The molecule has 0 bridgehead atoms. The van der Waals surface area contributed by atoms with Crippen LogP contribution in [-0.2, 0) is 16.0 Å². The molecule has 2 saturated carbocycles. The molecule has 2 aliphatic carbocycles. The number of nitrogens with one attached hydrogen (secondary N) is 2. The Hall–Kier alpha value is -1.60. The van der Waals surface area contributed by atoms with Gasteiger partial charge in [0.25, 0.3) is 0 Å². The van der Waals surface area contributed by atoms with Gasteiger partial charge >= 0.3 is 12.1 Å². The third-order valence-electron chi connectivity index (χ3n) is 5.69. The van der Waals surface area contributed by atoms with Crippen LogP contribution in [0.1, 0.15) is 90.5 Å². The van der Waals surface area contributed by atoms with Crippen molar-refractivity contribution in [3.63, 3.8) is 0 Å². The molecular weight excluding hydrogens is 412 g/mol. The number of hydrogen-bond acceptors (Lipinski definition) is 5. The van der Waals surface area contributed by atoms with Gasteiger partial charge in [0.2, 0.25) is 0 Å². The summed E-state index contributed by atoms with van der Waals surface area (Å²) in [5.41, 5.74) is 0.235. The van der Waals surface area contributed by atoms with E-state index in [4.69, 9.17) is 9.84 Å². The first kappa shape index (κ1) is 25.7. The van der Waals surface area contributed by atoms with Gasteiger partial charge in [-0.25, -0.2) is 9.59 Å². The minimum Gasteiger partial charge on any atom is -0.480 e. The molecule has 2 fully saturated rings. The van der Waals surface area contributed by atoms with E-state index in [-0.39, 0.29) is 6.42 Å². The Bertz CT molecular complexity index is 629. The molecule has 7 heteroatoms. The van der Waals surface area contributed by atoms with E-state index < -0.39 is 23.7 Å². The van der Waals surface area contributed by atoms with Crippen molar-refractivity contribution in [2.45, 2.75) is 115 Å². The van der Waals surface area contributed by atoms with Crippen molar-refractivity contribution in [1.82, 2.24) is 10.6 Å². The molecule has 1 aromatic heterocycles. The quantitative estimate of drug-likeness (QED) is 0.530. The van der Waals surface area contributed by atoms with Crippen LogP contribution < -0.4 is 10.6 Å². The fourth-order valence-electron chi connectivity index (χ4n) is 4.17. The average molecular weight is 453 g/mol. The van der Waals surface area contributed by atoms with Crippen molar-refractivity contribution in [3.05, 3.63) is 22.4 Å². The Kier molecular flexibility index (Phi) is 10.8. The number of carboxylic acid groups (broad SMARTS) is 1. The molecule has 0 aliphatic heterocycles. The second-order valence-corrected chi connectivity index (χ2v) is 10.5. The zero-order valence-electron chi connectivity index (χ0n) is 19.3. The molecule has 3 N–H and O–H groups in total. The minimum absolute atomic E-state index is 0.248. The van der Waals surface area contributed by atoms with E-state index in [0.29, 0.717) is 0 Å². The molecule has 3 rings (SSSR count). The molecule has 0 saturated heterocycles. The van der Waals surface area contributed by atoms with Gasteiger partial charge in [-0.05, 0) is 68.8 Å². The minimum atomic E-state index is -1.08. The molecular formula is C24H40N2O4S. The van der Waals surface area contributed by atoms with Crippen LogP contribution in [0.2, 0.25) is 0 Å². The normalized spacial score (nSPS) is 19.1. The molecule has 1 aromatic rings. The maximum atomic E-state index is 11.5. The monoisotopic (exact) mass is 452 g/mol. The van der Waals surface area contributed by atoms with Gasteiger partial charge in [0.1, 0.15) is 11.6 Å². The molecule has 1 atom stereocenters. The number of rotatable bonds is 6.